The van der Waals surface area contributed by atoms with Crippen molar-refractivity contribution < 1.29 is 14.3 Å². The maximum absolute atomic E-state index is 13.1. The van der Waals surface area contributed by atoms with Crippen molar-refractivity contribution in [1.82, 2.24) is 0 Å². The minimum absolute atomic E-state index is 0.0573. The minimum Gasteiger partial charge on any atom is -0.506 e. The van der Waals surface area contributed by atoms with Crippen LogP contribution in [0.2, 0.25) is 10.0 Å². The number of phenolic OH excluding ortho intramolecular Hbond substituents is 1. The minimum atomic E-state index is -0.521. The molecule has 2 N–H and O–H groups in total. The number of aromatic hydroxyl groups is 1. The molecule has 0 unspecified atom stereocenters. The summed E-state index contributed by atoms with van der Waals surface area (Å²) in [6.45, 7) is 0. The molecule has 0 heterocycles. The van der Waals surface area contributed by atoms with Crippen molar-refractivity contribution >= 4 is 50.7 Å². The van der Waals surface area contributed by atoms with Gasteiger partial charge in [-0.3, -0.25) is 4.79 Å². The zero-order chi connectivity index (χ0) is 14.9. The molecule has 2 aromatic rings. The van der Waals surface area contributed by atoms with Crippen LogP contribution in [0.5, 0.6) is 5.75 Å². The number of carbonyl (C=O) groups excluding carboxylic acids is 1. The summed E-state index contributed by atoms with van der Waals surface area (Å²) in [5.41, 5.74) is 0.488. The topological polar surface area (TPSA) is 49.3 Å². The molecule has 0 atom stereocenters. The zero-order valence-electron chi connectivity index (χ0n) is 9.75. The first-order valence-electron chi connectivity index (χ1n) is 5.33. The Morgan fingerprint density at radius 2 is 1.90 bits per heavy atom. The maximum atomic E-state index is 13.1. The first-order chi connectivity index (χ1) is 9.38. The smallest absolute Gasteiger partial charge is 0.255 e. The highest BCUT2D eigenvalue weighted by Gasteiger charge is 2.14. The van der Waals surface area contributed by atoms with Crippen molar-refractivity contribution in [3.05, 3.63) is 56.2 Å². The molecule has 7 heteroatoms. The summed E-state index contributed by atoms with van der Waals surface area (Å²) in [5, 5.41) is 12.0. The van der Waals surface area contributed by atoms with Gasteiger partial charge in [-0.05, 0) is 46.3 Å². The predicted octanol–water partition coefficient (Wildman–Crippen LogP) is 4.85. The van der Waals surface area contributed by atoms with E-state index in [0.717, 1.165) is 6.07 Å². The Bertz CT molecular complexity index is 671. The quantitative estimate of drug-likeness (QED) is 0.784. The van der Waals surface area contributed by atoms with E-state index in [1.54, 1.807) is 0 Å². The summed E-state index contributed by atoms with van der Waals surface area (Å²) < 4.78 is 13.4. The summed E-state index contributed by atoms with van der Waals surface area (Å²) in [5.74, 6) is -1.13. The summed E-state index contributed by atoms with van der Waals surface area (Å²) in [6, 6.07) is 6.30. The second-order valence-corrected chi connectivity index (χ2v) is 5.53. The molecule has 2 aromatic carbocycles. The Morgan fingerprint density at radius 1 is 1.20 bits per heavy atom. The predicted molar refractivity (Wildman–Crippen MR) is 80.2 cm³/mol. The lowest BCUT2D eigenvalue weighted by molar-refractivity contribution is 0.102. The number of carbonyl (C=O) groups is 1. The van der Waals surface area contributed by atoms with E-state index in [9.17, 15) is 14.3 Å². The highest BCUT2D eigenvalue weighted by atomic mass is 79.9. The molecule has 0 aliphatic heterocycles. The highest BCUT2D eigenvalue weighted by molar-refractivity contribution is 9.10. The van der Waals surface area contributed by atoms with Gasteiger partial charge in [0.05, 0.1) is 15.7 Å². The van der Waals surface area contributed by atoms with Gasteiger partial charge in [0.1, 0.15) is 11.6 Å². The molecule has 0 saturated heterocycles. The van der Waals surface area contributed by atoms with Crippen LogP contribution >= 0.6 is 39.1 Å². The number of anilines is 1. The fourth-order valence-corrected chi connectivity index (χ4v) is 2.57. The van der Waals surface area contributed by atoms with Crippen molar-refractivity contribution in [1.29, 1.82) is 0 Å². The lowest BCUT2D eigenvalue weighted by Crippen LogP contribution is -2.12. The standard InChI is InChI=1S/C13H7BrCl2FNO2/c14-8-4-7(17)5-10(16)12(8)18-13(20)6-1-2-11(19)9(15)3-6/h1-5,19H,(H,18,20). The van der Waals surface area contributed by atoms with Gasteiger partial charge in [0.15, 0.2) is 0 Å². The maximum Gasteiger partial charge on any atom is 0.255 e. The van der Waals surface area contributed by atoms with E-state index in [4.69, 9.17) is 23.2 Å². The van der Waals surface area contributed by atoms with Gasteiger partial charge in [0.25, 0.3) is 5.91 Å². The molecule has 2 rings (SSSR count). The van der Waals surface area contributed by atoms with Crippen LogP contribution in [0.25, 0.3) is 0 Å². The van der Waals surface area contributed by atoms with Gasteiger partial charge in [-0.15, -0.1) is 0 Å². The third-order valence-corrected chi connectivity index (χ3v) is 3.68. The summed E-state index contributed by atoms with van der Waals surface area (Å²) in [4.78, 5) is 12.0. The number of halogens is 4. The number of benzene rings is 2. The van der Waals surface area contributed by atoms with Crippen LogP contribution in [-0.2, 0) is 0 Å². The van der Waals surface area contributed by atoms with E-state index in [-0.39, 0.29) is 27.0 Å². The van der Waals surface area contributed by atoms with Gasteiger partial charge in [0.2, 0.25) is 0 Å². The molecule has 0 saturated carbocycles. The Kier molecular flexibility index (Phi) is 4.52. The number of amides is 1. The fraction of sp³-hybridized carbons (Fsp3) is 0. The Hall–Kier alpha value is -1.30. The molecule has 3 nitrogen and oxygen atoms in total. The van der Waals surface area contributed by atoms with Crippen LogP contribution in [0.1, 0.15) is 10.4 Å². The Balaban J connectivity index is 2.30. The number of nitrogens with one attached hydrogen (secondary N) is 1. The molecule has 104 valence electrons. The Labute approximate surface area is 132 Å². The van der Waals surface area contributed by atoms with Gasteiger partial charge in [-0.2, -0.15) is 0 Å². The summed E-state index contributed by atoms with van der Waals surface area (Å²) >= 11 is 14.7. The van der Waals surface area contributed by atoms with E-state index < -0.39 is 11.7 Å². The van der Waals surface area contributed by atoms with E-state index in [1.807, 2.05) is 0 Å². The first kappa shape index (κ1) is 15.1. The largest absolute Gasteiger partial charge is 0.506 e. The molecule has 0 spiro atoms. The van der Waals surface area contributed by atoms with Crippen molar-refractivity contribution in [2.45, 2.75) is 0 Å². The third kappa shape index (κ3) is 3.23. The molecular formula is C13H7BrCl2FNO2. The van der Waals surface area contributed by atoms with Crippen molar-refractivity contribution in [2.24, 2.45) is 0 Å². The van der Waals surface area contributed by atoms with Gasteiger partial charge in [-0.25, -0.2) is 4.39 Å². The van der Waals surface area contributed by atoms with Crippen LogP contribution in [0, 0.1) is 5.82 Å². The average molecular weight is 379 g/mol. The highest BCUT2D eigenvalue weighted by Crippen LogP contribution is 2.32. The van der Waals surface area contributed by atoms with E-state index in [2.05, 4.69) is 21.2 Å². The first-order valence-corrected chi connectivity index (χ1v) is 6.88. The third-order valence-electron chi connectivity index (χ3n) is 2.46. The van der Waals surface area contributed by atoms with E-state index in [1.165, 1.54) is 24.3 Å². The summed E-state index contributed by atoms with van der Waals surface area (Å²) in [6.07, 6.45) is 0. The van der Waals surface area contributed by atoms with Crippen LogP contribution < -0.4 is 5.32 Å². The second-order valence-electron chi connectivity index (χ2n) is 3.86. The van der Waals surface area contributed by atoms with Crippen molar-refractivity contribution in [3.63, 3.8) is 0 Å². The lowest BCUT2D eigenvalue weighted by atomic mass is 10.2. The van der Waals surface area contributed by atoms with E-state index in [0.29, 0.717) is 4.47 Å². The van der Waals surface area contributed by atoms with Gasteiger partial charge in [0, 0.05) is 10.0 Å². The van der Waals surface area contributed by atoms with Crippen molar-refractivity contribution in [3.8, 4) is 5.75 Å². The van der Waals surface area contributed by atoms with Crippen LogP contribution in [-0.4, -0.2) is 11.0 Å². The molecule has 20 heavy (non-hydrogen) atoms. The molecule has 0 aromatic heterocycles. The molecule has 0 aliphatic carbocycles. The van der Waals surface area contributed by atoms with Crippen LogP contribution in [0.3, 0.4) is 0 Å². The molecule has 0 aliphatic rings. The average Bonchev–Trinajstić information content (AvgIpc) is 2.36. The molecule has 0 fully saturated rings. The van der Waals surface area contributed by atoms with Gasteiger partial charge < -0.3 is 10.4 Å². The Morgan fingerprint density at radius 3 is 2.50 bits per heavy atom. The number of rotatable bonds is 2. The SMILES string of the molecule is O=C(Nc1c(Cl)cc(F)cc1Br)c1ccc(O)c(Cl)c1. The van der Waals surface area contributed by atoms with Crippen LogP contribution in [0.4, 0.5) is 10.1 Å². The van der Waals surface area contributed by atoms with Gasteiger partial charge in [-0.1, -0.05) is 23.2 Å². The van der Waals surface area contributed by atoms with E-state index >= 15 is 0 Å². The van der Waals surface area contributed by atoms with Crippen molar-refractivity contribution in [2.75, 3.05) is 5.32 Å². The number of hydrogen-bond donors (Lipinski definition) is 2. The van der Waals surface area contributed by atoms with Crippen LogP contribution in [0.15, 0.2) is 34.8 Å². The normalized spacial score (nSPS) is 10.4. The molecule has 1 amide bonds. The lowest BCUT2D eigenvalue weighted by Gasteiger charge is -2.10. The number of hydrogen-bond acceptors (Lipinski definition) is 2. The van der Waals surface area contributed by atoms with Gasteiger partial charge >= 0.3 is 0 Å². The zero-order valence-corrected chi connectivity index (χ0v) is 12.9. The second kappa shape index (κ2) is 5.99. The molecule has 0 radical (unpaired) electrons. The number of phenols is 1. The fourth-order valence-electron chi connectivity index (χ4n) is 1.50. The monoisotopic (exact) mass is 377 g/mol. The molecule has 0 bridgehead atoms. The molecular weight excluding hydrogens is 372 g/mol. The summed E-state index contributed by atoms with van der Waals surface area (Å²) in [7, 11) is 0.